The van der Waals surface area contributed by atoms with E-state index in [-0.39, 0.29) is 11.3 Å². The van der Waals surface area contributed by atoms with Crippen molar-refractivity contribution < 1.29 is 4.79 Å². The normalized spacial score (nSPS) is 27.6. The van der Waals surface area contributed by atoms with E-state index in [1.54, 1.807) is 0 Å². The van der Waals surface area contributed by atoms with Gasteiger partial charge in [0.1, 0.15) is 4.60 Å². The monoisotopic (exact) mass is 481 g/mol. The molecule has 2 aromatic rings. The molecule has 1 saturated heterocycles. The van der Waals surface area contributed by atoms with Crippen molar-refractivity contribution in [2.24, 2.45) is 11.8 Å². The first-order valence-corrected chi connectivity index (χ1v) is 12.5. The van der Waals surface area contributed by atoms with Gasteiger partial charge in [-0.25, -0.2) is 4.98 Å². The van der Waals surface area contributed by atoms with Crippen LogP contribution in [0.25, 0.3) is 0 Å². The molecule has 1 saturated carbocycles. The summed E-state index contributed by atoms with van der Waals surface area (Å²) < 4.78 is 0.831. The van der Waals surface area contributed by atoms with Gasteiger partial charge in [-0.1, -0.05) is 26.0 Å². The lowest BCUT2D eigenvalue weighted by Crippen LogP contribution is -2.58. The Labute approximate surface area is 194 Å². The molecule has 1 aliphatic heterocycles. The zero-order chi connectivity index (χ0) is 21.6. The van der Waals surface area contributed by atoms with Crippen molar-refractivity contribution in [2.75, 3.05) is 19.6 Å². The number of rotatable bonds is 6. The number of amides is 1. The van der Waals surface area contributed by atoms with Crippen molar-refractivity contribution >= 4 is 21.8 Å². The number of piperidine rings is 1. The van der Waals surface area contributed by atoms with Crippen molar-refractivity contribution in [2.45, 2.75) is 57.4 Å². The second kappa shape index (κ2) is 8.32. The predicted molar refractivity (Wildman–Crippen MR) is 127 cm³/mol. The highest BCUT2D eigenvalue weighted by atomic mass is 79.9. The van der Waals surface area contributed by atoms with Crippen LogP contribution in [0.15, 0.2) is 41.1 Å². The van der Waals surface area contributed by atoms with Gasteiger partial charge in [-0.3, -0.25) is 9.69 Å². The van der Waals surface area contributed by atoms with Crippen molar-refractivity contribution in [3.8, 4) is 0 Å². The van der Waals surface area contributed by atoms with Crippen molar-refractivity contribution in [3.63, 3.8) is 0 Å². The third-order valence-electron chi connectivity index (χ3n) is 8.06. The number of hydrogen-bond donors (Lipinski definition) is 1. The van der Waals surface area contributed by atoms with E-state index >= 15 is 0 Å². The van der Waals surface area contributed by atoms with Gasteiger partial charge in [-0.05, 0) is 107 Å². The Bertz CT molecular complexity index is 971. The number of aromatic nitrogens is 1. The van der Waals surface area contributed by atoms with Crippen LogP contribution < -0.4 is 5.32 Å². The zero-order valence-electron chi connectivity index (χ0n) is 18.5. The Morgan fingerprint density at radius 1 is 1.29 bits per heavy atom. The number of carbonyl (C=O) groups excluding carboxylic acids is 1. The average molecular weight is 482 g/mol. The van der Waals surface area contributed by atoms with Gasteiger partial charge < -0.3 is 5.32 Å². The first-order chi connectivity index (χ1) is 14.9. The topological polar surface area (TPSA) is 45.2 Å². The van der Waals surface area contributed by atoms with E-state index in [1.807, 2.05) is 24.4 Å². The first kappa shape index (κ1) is 21.1. The standard InChI is InChI=1S/C26H32BrN3O/c1-17-23-14-20-6-7-21(25(31)28-11-9-18-5-8-24(27)29-15-18)13-22(20)26(17,2)10-12-30(23)16-19-3-4-19/h5-8,13,15,17,19,23H,3-4,9-12,14,16H2,1-2H3,(H,28,31)/t17-,23?,26-/m0/s1. The largest absolute Gasteiger partial charge is 0.352 e. The van der Waals surface area contributed by atoms with Gasteiger partial charge in [0.15, 0.2) is 0 Å². The van der Waals surface area contributed by atoms with E-state index in [9.17, 15) is 4.79 Å². The van der Waals surface area contributed by atoms with Crippen LogP contribution in [0.3, 0.4) is 0 Å². The van der Waals surface area contributed by atoms with E-state index in [0.717, 1.165) is 34.5 Å². The second-order valence-corrected chi connectivity index (χ2v) is 10.8. The molecule has 5 heteroatoms. The minimum Gasteiger partial charge on any atom is -0.352 e. The number of nitrogens with one attached hydrogen (secondary N) is 1. The summed E-state index contributed by atoms with van der Waals surface area (Å²) in [6, 6.07) is 11.1. The number of benzene rings is 1. The smallest absolute Gasteiger partial charge is 0.251 e. The number of likely N-dealkylation sites (tertiary alicyclic amines) is 1. The highest BCUT2D eigenvalue weighted by Gasteiger charge is 2.49. The summed E-state index contributed by atoms with van der Waals surface area (Å²) in [5.41, 5.74) is 4.94. The Morgan fingerprint density at radius 2 is 2.13 bits per heavy atom. The molecule has 2 bridgehead atoms. The number of hydrogen-bond acceptors (Lipinski definition) is 3. The zero-order valence-corrected chi connectivity index (χ0v) is 20.1. The van der Waals surface area contributed by atoms with Crippen LogP contribution in [0.4, 0.5) is 0 Å². The maximum atomic E-state index is 12.9. The van der Waals surface area contributed by atoms with Crippen LogP contribution in [-0.4, -0.2) is 41.5 Å². The van der Waals surface area contributed by atoms with Gasteiger partial charge in [-0.15, -0.1) is 0 Å². The molecule has 164 valence electrons. The molecule has 4 nitrogen and oxygen atoms in total. The molecule has 5 rings (SSSR count). The van der Waals surface area contributed by atoms with Crippen molar-refractivity contribution in [1.82, 2.24) is 15.2 Å². The number of carbonyl (C=O) groups is 1. The number of pyridine rings is 1. The van der Waals surface area contributed by atoms with E-state index in [0.29, 0.717) is 18.5 Å². The fraction of sp³-hybridized carbons (Fsp3) is 0.538. The van der Waals surface area contributed by atoms with Crippen LogP contribution >= 0.6 is 15.9 Å². The molecular formula is C26H32BrN3O. The summed E-state index contributed by atoms with van der Waals surface area (Å²) in [5.74, 6) is 1.59. The highest BCUT2D eigenvalue weighted by Crippen LogP contribution is 2.49. The maximum absolute atomic E-state index is 12.9. The molecule has 3 aliphatic rings. The van der Waals surface area contributed by atoms with Gasteiger partial charge in [-0.2, -0.15) is 0 Å². The lowest BCUT2D eigenvalue weighted by molar-refractivity contribution is 0.0284. The molecule has 3 atom stereocenters. The van der Waals surface area contributed by atoms with E-state index in [2.05, 4.69) is 57.1 Å². The van der Waals surface area contributed by atoms with Crippen LogP contribution in [-0.2, 0) is 18.3 Å². The van der Waals surface area contributed by atoms with E-state index < -0.39 is 0 Å². The number of fused-ring (bicyclic) bond motifs is 4. The quantitative estimate of drug-likeness (QED) is 0.605. The summed E-state index contributed by atoms with van der Waals surface area (Å²) in [6.45, 7) is 7.96. The summed E-state index contributed by atoms with van der Waals surface area (Å²) in [6.07, 6.45) is 7.78. The Hall–Kier alpha value is -1.72. The summed E-state index contributed by atoms with van der Waals surface area (Å²) in [7, 11) is 0. The SMILES string of the molecule is C[C@H]1C2Cc3ccc(C(=O)NCCc4ccc(Br)nc4)cc3[C@@]1(C)CCN2CC1CC1. The molecule has 0 radical (unpaired) electrons. The minimum absolute atomic E-state index is 0.0254. The number of halogens is 1. The lowest BCUT2D eigenvalue weighted by atomic mass is 9.59. The maximum Gasteiger partial charge on any atom is 0.251 e. The molecule has 1 aromatic heterocycles. The summed E-state index contributed by atoms with van der Waals surface area (Å²) >= 11 is 3.36. The Balaban J connectivity index is 1.28. The van der Waals surface area contributed by atoms with Crippen LogP contribution in [0, 0.1) is 11.8 Å². The average Bonchev–Trinajstić information content (AvgIpc) is 3.58. The van der Waals surface area contributed by atoms with Gasteiger partial charge in [0.2, 0.25) is 0 Å². The van der Waals surface area contributed by atoms with Crippen LogP contribution in [0.1, 0.15) is 60.2 Å². The molecule has 2 heterocycles. The van der Waals surface area contributed by atoms with E-state index in [1.165, 1.54) is 43.5 Å². The molecule has 1 unspecified atom stereocenters. The van der Waals surface area contributed by atoms with Crippen molar-refractivity contribution in [3.05, 3.63) is 63.4 Å². The third-order valence-corrected chi connectivity index (χ3v) is 8.53. The Kier molecular flexibility index (Phi) is 5.68. The molecular weight excluding hydrogens is 450 g/mol. The Morgan fingerprint density at radius 3 is 2.87 bits per heavy atom. The molecule has 2 fully saturated rings. The van der Waals surface area contributed by atoms with Crippen molar-refractivity contribution in [1.29, 1.82) is 0 Å². The lowest BCUT2D eigenvalue weighted by Gasteiger charge is -2.55. The minimum atomic E-state index is 0.0254. The van der Waals surface area contributed by atoms with Crippen LogP contribution in [0.2, 0.25) is 0 Å². The fourth-order valence-electron chi connectivity index (χ4n) is 5.68. The molecule has 31 heavy (non-hydrogen) atoms. The third kappa shape index (κ3) is 4.19. The molecule has 1 aromatic carbocycles. The second-order valence-electron chi connectivity index (χ2n) is 10.0. The van der Waals surface area contributed by atoms with Crippen LogP contribution in [0.5, 0.6) is 0 Å². The fourth-order valence-corrected chi connectivity index (χ4v) is 5.92. The predicted octanol–water partition coefficient (Wildman–Crippen LogP) is 4.75. The highest BCUT2D eigenvalue weighted by molar-refractivity contribution is 9.10. The summed E-state index contributed by atoms with van der Waals surface area (Å²) in [5, 5.41) is 3.10. The first-order valence-electron chi connectivity index (χ1n) is 11.7. The molecule has 2 aliphatic carbocycles. The molecule has 1 N–H and O–H groups in total. The molecule has 0 spiro atoms. The van der Waals surface area contributed by atoms with E-state index in [4.69, 9.17) is 0 Å². The van der Waals surface area contributed by atoms with Gasteiger partial charge in [0.25, 0.3) is 5.91 Å². The van der Waals surface area contributed by atoms with Gasteiger partial charge in [0, 0.05) is 30.9 Å². The number of nitrogens with zero attached hydrogens (tertiary/aromatic N) is 2. The molecule has 1 amide bonds. The summed E-state index contributed by atoms with van der Waals surface area (Å²) in [4.78, 5) is 19.9. The van der Waals surface area contributed by atoms with Gasteiger partial charge in [0.05, 0.1) is 0 Å². The van der Waals surface area contributed by atoms with Gasteiger partial charge >= 0.3 is 0 Å².